The molecule has 4 heteroatoms. The molecule has 0 saturated carbocycles. The maximum atomic E-state index is 6.24. The van der Waals surface area contributed by atoms with E-state index in [1.165, 1.54) is 0 Å². The molecule has 3 nitrogen and oxygen atoms in total. The highest BCUT2D eigenvalue weighted by Crippen LogP contribution is 2.28. The fourth-order valence-electron chi connectivity index (χ4n) is 2.26. The molecule has 0 bridgehead atoms. The van der Waals surface area contributed by atoms with Crippen molar-refractivity contribution >= 4 is 28.2 Å². The summed E-state index contributed by atoms with van der Waals surface area (Å²) in [5.41, 5.74) is 2.90. The fourth-order valence-corrected chi connectivity index (χ4v) is 2.56. The average molecular weight is 284 g/mol. The molecular weight excluding hydrogens is 270 g/mol. The van der Waals surface area contributed by atoms with E-state index in [-0.39, 0.29) is 6.04 Å². The van der Waals surface area contributed by atoms with Crippen LogP contribution in [0.4, 0.5) is 5.69 Å². The van der Waals surface area contributed by atoms with E-state index in [9.17, 15) is 0 Å². The predicted molar refractivity (Wildman–Crippen MR) is 83.0 cm³/mol. The Bertz CT molecular complexity index is 737. The van der Waals surface area contributed by atoms with Gasteiger partial charge in [-0.25, -0.2) is 0 Å². The van der Waals surface area contributed by atoms with Crippen LogP contribution in [0.25, 0.3) is 10.9 Å². The monoisotopic (exact) mass is 283 g/mol. The number of hydrogen-bond donors (Lipinski definition) is 1. The lowest BCUT2D eigenvalue weighted by molar-refractivity contribution is 0.883. The van der Waals surface area contributed by atoms with Gasteiger partial charge in [0.05, 0.1) is 23.4 Å². The second-order valence-electron chi connectivity index (χ2n) is 4.66. The van der Waals surface area contributed by atoms with E-state index in [0.29, 0.717) is 0 Å². The minimum Gasteiger partial charge on any atom is -0.377 e. The summed E-state index contributed by atoms with van der Waals surface area (Å²) in [6.07, 6.45) is 1.75. The van der Waals surface area contributed by atoms with Crippen LogP contribution in [-0.2, 0) is 0 Å². The summed E-state index contributed by atoms with van der Waals surface area (Å²) in [6, 6.07) is 15.9. The van der Waals surface area contributed by atoms with Crippen molar-refractivity contribution in [1.29, 1.82) is 0 Å². The number of halogens is 1. The molecule has 2 aromatic carbocycles. The van der Waals surface area contributed by atoms with Crippen molar-refractivity contribution < 1.29 is 0 Å². The van der Waals surface area contributed by atoms with Crippen LogP contribution >= 0.6 is 11.6 Å². The second kappa shape index (κ2) is 5.47. The van der Waals surface area contributed by atoms with Gasteiger partial charge >= 0.3 is 0 Å². The van der Waals surface area contributed by atoms with Crippen LogP contribution in [0.15, 0.2) is 54.7 Å². The molecule has 0 saturated heterocycles. The van der Waals surface area contributed by atoms with Crippen molar-refractivity contribution in [2.45, 2.75) is 13.0 Å². The molecule has 0 aliphatic carbocycles. The number of fused-ring (bicyclic) bond motifs is 1. The van der Waals surface area contributed by atoms with E-state index in [4.69, 9.17) is 11.6 Å². The van der Waals surface area contributed by atoms with E-state index in [0.717, 1.165) is 27.2 Å². The zero-order chi connectivity index (χ0) is 13.9. The number of nitrogens with one attached hydrogen (secondary N) is 1. The molecule has 0 amide bonds. The summed E-state index contributed by atoms with van der Waals surface area (Å²) in [5, 5.41) is 13.4. The third-order valence-corrected chi connectivity index (χ3v) is 3.63. The first-order valence-electron chi connectivity index (χ1n) is 6.47. The Morgan fingerprint density at radius 3 is 2.65 bits per heavy atom. The topological polar surface area (TPSA) is 37.8 Å². The maximum absolute atomic E-state index is 6.24. The Hall–Kier alpha value is -2.13. The lowest BCUT2D eigenvalue weighted by Gasteiger charge is -2.17. The number of anilines is 1. The molecule has 0 aliphatic rings. The highest BCUT2D eigenvalue weighted by atomic mass is 35.5. The molecule has 0 aliphatic heterocycles. The summed E-state index contributed by atoms with van der Waals surface area (Å²) < 4.78 is 0. The summed E-state index contributed by atoms with van der Waals surface area (Å²) in [7, 11) is 0. The van der Waals surface area contributed by atoms with Gasteiger partial charge in [0.1, 0.15) is 0 Å². The molecule has 3 aromatic rings. The zero-order valence-corrected chi connectivity index (χ0v) is 11.8. The van der Waals surface area contributed by atoms with E-state index >= 15 is 0 Å². The first kappa shape index (κ1) is 12.9. The molecule has 1 unspecified atom stereocenters. The molecule has 20 heavy (non-hydrogen) atoms. The molecule has 3 rings (SSSR count). The molecular formula is C16H14ClN3. The fraction of sp³-hybridized carbons (Fsp3) is 0.125. The van der Waals surface area contributed by atoms with Crippen molar-refractivity contribution in [3.05, 3.63) is 65.3 Å². The summed E-state index contributed by atoms with van der Waals surface area (Å²) >= 11 is 6.24. The van der Waals surface area contributed by atoms with Crippen molar-refractivity contribution in [3.8, 4) is 0 Å². The SMILES string of the molecule is CC(Nc1cnnc2ccccc12)c1ccccc1Cl. The van der Waals surface area contributed by atoms with Gasteiger partial charge < -0.3 is 5.32 Å². The van der Waals surface area contributed by atoms with Crippen LogP contribution in [0, 0.1) is 0 Å². The van der Waals surface area contributed by atoms with Gasteiger partial charge in [-0.3, -0.25) is 0 Å². The normalized spacial score (nSPS) is 12.3. The smallest absolute Gasteiger partial charge is 0.0950 e. The Balaban J connectivity index is 1.96. The molecule has 1 atom stereocenters. The number of benzene rings is 2. The molecule has 0 fully saturated rings. The zero-order valence-electron chi connectivity index (χ0n) is 11.0. The largest absolute Gasteiger partial charge is 0.377 e. The van der Waals surface area contributed by atoms with Gasteiger partial charge in [-0.05, 0) is 24.6 Å². The van der Waals surface area contributed by atoms with E-state index < -0.39 is 0 Å². The van der Waals surface area contributed by atoms with Crippen molar-refractivity contribution in [1.82, 2.24) is 10.2 Å². The first-order chi connectivity index (χ1) is 9.75. The van der Waals surface area contributed by atoms with Crippen molar-refractivity contribution in [2.75, 3.05) is 5.32 Å². The summed E-state index contributed by atoms with van der Waals surface area (Å²) in [5.74, 6) is 0. The third kappa shape index (κ3) is 2.45. The van der Waals surface area contributed by atoms with Crippen LogP contribution in [-0.4, -0.2) is 10.2 Å². The van der Waals surface area contributed by atoms with Crippen LogP contribution in [0.2, 0.25) is 5.02 Å². The summed E-state index contributed by atoms with van der Waals surface area (Å²) in [6.45, 7) is 2.08. The third-order valence-electron chi connectivity index (χ3n) is 3.29. The van der Waals surface area contributed by atoms with E-state index in [1.54, 1.807) is 6.20 Å². The van der Waals surface area contributed by atoms with Gasteiger partial charge in [0.15, 0.2) is 0 Å². The molecule has 1 aromatic heterocycles. The lowest BCUT2D eigenvalue weighted by atomic mass is 10.1. The Morgan fingerprint density at radius 1 is 1.05 bits per heavy atom. The molecule has 0 radical (unpaired) electrons. The minimum absolute atomic E-state index is 0.0938. The number of hydrogen-bond acceptors (Lipinski definition) is 3. The van der Waals surface area contributed by atoms with Crippen LogP contribution in [0.1, 0.15) is 18.5 Å². The number of nitrogens with zero attached hydrogens (tertiary/aromatic N) is 2. The average Bonchev–Trinajstić information content (AvgIpc) is 2.48. The highest BCUT2D eigenvalue weighted by molar-refractivity contribution is 6.31. The van der Waals surface area contributed by atoms with Crippen LogP contribution in [0.5, 0.6) is 0 Å². The number of aromatic nitrogens is 2. The first-order valence-corrected chi connectivity index (χ1v) is 6.85. The Kier molecular flexibility index (Phi) is 3.52. The lowest BCUT2D eigenvalue weighted by Crippen LogP contribution is -2.08. The number of rotatable bonds is 3. The minimum atomic E-state index is 0.0938. The molecule has 1 heterocycles. The van der Waals surface area contributed by atoms with Gasteiger partial charge in [0, 0.05) is 10.4 Å². The second-order valence-corrected chi connectivity index (χ2v) is 5.07. The van der Waals surface area contributed by atoms with Crippen molar-refractivity contribution in [3.63, 3.8) is 0 Å². The molecule has 1 N–H and O–H groups in total. The Morgan fingerprint density at radius 2 is 1.80 bits per heavy atom. The Labute approximate surface area is 122 Å². The van der Waals surface area contributed by atoms with E-state index in [1.807, 2.05) is 48.5 Å². The van der Waals surface area contributed by atoms with Crippen LogP contribution < -0.4 is 5.32 Å². The van der Waals surface area contributed by atoms with Crippen molar-refractivity contribution in [2.24, 2.45) is 0 Å². The van der Waals surface area contributed by atoms with E-state index in [2.05, 4.69) is 22.4 Å². The summed E-state index contributed by atoms with van der Waals surface area (Å²) in [4.78, 5) is 0. The van der Waals surface area contributed by atoms with Gasteiger partial charge in [-0.15, -0.1) is 0 Å². The van der Waals surface area contributed by atoms with Gasteiger partial charge in [-0.2, -0.15) is 10.2 Å². The predicted octanol–water partition coefficient (Wildman–Crippen LogP) is 4.46. The van der Waals surface area contributed by atoms with Crippen LogP contribution in [0.3, 0.4) is 0 Å². The molecule has 0 spiro atoms. The van der Waals surface area contributed by atoms with Gasteiger partial charge in [0.25, 0.3) is 0 Å². The van der Waals surface area contributed by atoms with Gasteiger partial charge in [-0.1, -0.05) is 48.0 Å². The molecule has 100 valence electrons. The standard InChI is InChI=1S/C16H14ClN3/c1-11(12-6-2-4-8-14(12)17)19-16-10-18-20-15-9-5-3-7-13(15)16/h2-11H,1H3,(H,19,20). The maximum Gasteiger partial charge on any atom is 0.0950 e. The van der Waals surface area contributed by atoms with Gasteiger partial charge in [0.2, 0.25) is 0 Å². The highest BCUT2D eigenvalue weighted by Gasteiger charge is 2.10. The quantitative estimate of drug-likeness (QED) is 0.771.